The summed E-state index contributed by atoms with van der Waals surface area (Å²) in [6.45, 7) is 2.00. The van der Waals surface area contributed by atoms with Gasteiger partial charge in [-0.2, -0.15) is 0 Å². The van der Waals surface area contributed by atoms with Gasteiger partial charge in [-0.3, -0.25) is 0 Å². The molecule has 1 aromatic heterocycles. The Labute approximate surface area is 111 Å². The van der Waals surface area contributed by atoms with Gasteiger partial charge in [-0.15, -0.1) is 0 Å². The number of nitrogens with two attached hydrogens (primary N) is 2. The van der Waals surface area contributed by atoms with E-state index in [4.69, 9.17) is 11.5 Å². The molecule has 1 heterocycles. The second-order valence-electron chi connectivity index (χ2n) is 4.32. The molecule has 0 spiro atoms. The van der Waals surface area contributed by atoms with E-state index < -0.39 is 0 Å². The molecule has 18 heavy (non-hydrogen) atoms. The van der Waals surface area contributed by atoms with Crippen LogP contribution < -0.4 is 28.9 Å². The number of nitrogens with one attached hydrogen (secondary N) is 1. The lowest BCUT2D eigenvalue weighted by Crippen LogP contribution is -3.00. The van der Waals surface area contributed by atoms with Crippen molar-refractivity contribution in [1.82, 2.24) is 0 Å². The molecule has 0 unspecified atom stereocenters. The maximum Gasteiger partial charge on any atom is 0.213 e. The Kier molecular flexibility index (Phi) is 3.01. The number of fused-ring (bicyclic) bond motifs is 2. The molecule has 2 aromatic carbocycles. The molecule has 92 valence electrons. The van der Waals surface area contributed by atoms with Crippen LogP contribution in [0.3, 0.4) is 0 Å². The van der Waals surface area contributed by atoms with E-state index >= 15 is 0 Å². The summed E-state index contributed by atoms with van der Waals surface area (Å²) in [4.78, 5) is 3.38. The summed E-state index contributed by atoms with van der Waals surface area (Å²) in [5, 5.41) is 2.29. The smallest absolute Gasteiger partial charge is 0.213 e. The first kappa shape index (κ1) is 12.5. The number of pyridine rings is 1. The lowest BCUT2D eigenvalue weighted by atomic mass is 10.0. The summed E-state index contributed by atoms with van der Waals surface area (Å²) >= 11 is 0. The van der Waals surface area contributed by atoms with Crippen molar-refractivity contribution in [3.63, 3.8) is 0 Å². The number of aromatic nitrogens is 1. The number of para-hydroxylation sites is 1. The topological polar surface area (TPSA) is 66.2 Å². The standard InChI is InChI=1S/C14H13N3.ClH/c1-8-10-6-9-4-2-3-5-12(9)17-13(10)7-11(15)14(8)16;/h2-7H,15-16H2,1H3;1H. The van der Waals surface area contributed by atoms with Gasteiger partial charge in [-0.25, -0.2) is 4.98 Å². The molecule has 0 bridgehead atoms. The molecule has 0 fully saturated rings. The molecule has 0 atom stereocenters. The molecule has 0 aliphatic rings. The quantitative estimate of drug-likeness (QED) is 0.414. The molecule has 3 nitrogen and oxygen atoms in total. The number of hydrogen-bond donors (Lipinski definition) is 2. The zero-order valence-corrected chi connectivity index (χ0v) is 10.8. The van der Waals surface area contributed by atoms with Crippen molar-refractivity contribution < 1.29 is 17.4 Å². The van der Waals surface area contributed by atoms with Crippen LogP contribution in [-0.2, 0) is 0 Å². The van der Waals surface area contributed by atoms with Gasteiger partial charge in [-0.05, 0) is 24.6 Å². The summed E-state index contributed by atoms with van der Waals surface area (Å²) in [6.07, 6.45) is 0. The van der Waals surface area contributed by atoms with E-state index in [1.807, 2.05) is 25.1 Å². The van der Waals surface area contributed by atoms with Crippen LogP contribution in [0.5, 0.6) is 0 Å². The zero-order valence-electron chi connectivity index (χ0n) is 10.00. The Morgan fingerprint density at radius 2 is 1.72 bits per heavy atom. The average Bonchev–Trinajstić information content (AvgIpc) is 2.34. The number of H-pyrrole nitrogens is 1. The van der Waals surface area contributed by atoms with Crippen LogP contribution in [0, 0.1) is 6.92 Å². The largest absolute Gasteiger partial charge is 1.00 e. The highest BCUT2D eigenvalue weighted by atomic mass is 35.5. The molecule has 5 N–H and O–H groups in total. The molecule has 0 amide bonds. The normalized spacial score (nSPS) is 10.5. The summed E-state index contributed by atoms with van der Waals surface area (Å²) < 4.78 is 0. The first-order valence-corrected chi connectivity index (χ1v) is 5.56. The highest BCUT2D eigenvalue weighted by molar-refractivity contribution is 5.95. The maximum absolute atomic E-state index is 5.95. The van der Waals surface area contributed by atoms with Gasteiger partial charge in [0, 0.05) is 17.5 Å². The van der Waals surface area contributed by atoms with Crippen molar-refractivity contribution in [3.8, 4) is 0 Å². The Bertz CT molecular complexity index is 738. The van der Waals surface area contributed by atoms with Crippen LogP contribution in [0.2, 0.25) is 0 Å². The number of halogens is 1. The Morgan fingerprint density at radius 1 is 1.00 bits per heavy atom. The highest BCUT2D eigenvalue weighted by Crippen LogP contribution is 2.28. The molecular weight excluding hydrogens is 246 g/mol. The molecule has 3 rings (SSSR count). The van der Waals surface area contributed by atoms with E-state index in [2.05, 4.69) is 23.2 Å². The molecule has 0 saturated carbocycles. The van der Waals surface area contributed by atoms with Gasteiger partial charge in [-0.1, -0.05) is 12.1 Å². The van der Waals surface area contributed by atoms with Gasteiger partial charge >= 0.3 is 0 Å². The Hall–Kier alpha value is -2.00. The lowest BCUT2D eigenvalue weighted by molar-refractivity contribution is -0.310. The first-order chi connectivity index (χ1) is 8.16. The van der Waals surface area contributed by atoms with Crippen molar-refractivity contribution in [3.05, 3.63) is 42.0 Å². The second kappa shape index (κ2) is 4.35. The van der Waals surface area contributed by atoms with Crippen molar-refractivity contribution in [2.45, 2.75) is 6.92 Å². The summed E-state index contributed by atoms with van der Waals surface area (Å²) in [6, 6.07) is 12.2. The fourth-order valence-electron chi connectivity index (χ4n) is 2.20. The second-order valence-corrected chi connectivity index (χ2v) is 4.32. The minimum Gasteiger partial charge on any atom is -1.00 e. The predicted octanol–water partition coefficient (Wildman–Crippen LogP) is -0.716. The van der Waals surface area contributed by atoms with Crippen LogP contribution in [0.1, 0.15) is 5.56 Å². The summed E-state index contributed by atoms with van der Waals surface area (Å²) in [5.41, 5.74) is 16.3. The minimum absolute atomic E-state index is 0. The van der Waals surface area contributed by atoms with Crippen LogP contribution >= 0.6 is 0 Å². The number of aryl methyl sites for hydroxylation is 1. The number of nitrogen functional groups attached to an aromatic ring is 2. The predicted molar refractivity (Wildman–Crippen MR) is 71.6 cm³/mol. The van der Waals surface area contributed by atoms with E-state index in [0.717, 1.165) is 22.0 Å². The lowest BCUT2D eigenvalue weighted by Gasteiger charge is -2.06. The summed E-state index contributed by atoms with van der Waals surface area (Å²) in [5.74, 6) is 0. The number of aromatic amines is 1. The van der Waals surface area contributed by atoms with Crippen molar-refractivity contribution in [1.29, 1.82) is 0 Å². The van der Waals surface area contributed by atoms with Gasteiger partial charge < -0.3 is 23.9 Å². The fraction of sp³-hybridized carbons (Fsp3) is 0.0714. The third-order valence-corrected chi connectivity index (χ3v) is 3.24. The number of benzene rings is 2. The molecule has 3 aromatic rings. The van der Waals surface area contributed by atoms with Crippen LogP contribution in [0.25, 0.3) is 21.8 Å². The van der Waals surface area contributed by atoms with Crippen LogP contribution in [-0.4, -0.2) is 0 Å². The van der Waals surface area contributed by atoms with Gasteiger partial charge in [0.25, 0.3) is 0 Å². The van der Waals surface area contributed by atoms with E-state index in [-0.39, 0.29) is 12.4 Å². The third-order valence-electron chi connectivity index (χ3n) is 3.24. The van der Waals surface area contributed by atoms with Crippen LogP contribution in [0.4, 0.5) is 11.4 Å². The molecule has 4 heteroatoms. The zero-order chi connectivity index (χ0) is 12.0. The molecular formula is C14H14ClN3. The van der Waals surface area contributed by atoms with E-state index in [1.165, 1.54) is 5.39 Å². The van der Waals surface area contributed by atoms with E-state index in [9.17, 15) is 0 Å². The van der Waals surface area contributed by atoms with E-state index in [1.54, 1.807) is 0 Å². The molecule has 0 aliphatic carbocycles. The van der Waals surface area contributed by atoms with Gasteiger partial charge in [0.05, 0.1) is 16.8 Å². The first-order valence-electron chi connectivity index (χ1n) is 5.56. The van der Waals surface area contributed by atoms with E-state index in [0.29, 0.717) is 11.4 Å². The Morgan fingerprint density at radius 3 is 2.50 bits per heavy atom. The number of rotatable bonds is 0. The van der Waals surface area contributed by atoms with Gasteiger partial charge in [0.2, 0.25) is 11.0 Å². The molecule has 0 radical (unpaired) electrons. The molecule has 0 aliphatic heterocycles. The number of anilines is 2. The molecule has 0 saturated heterocycles. The maximum atomic E-state index is 5.95. The Balaban J connectivity index is 0.00000120. The number of hydrogen-bond acceptors (Lipinski definition) is 2. The highest BCUT2D eigenvalue weighted by Gasteiger charge is 2.11. The van der Waals surface area contributed by atoms with Crippen molar-refractivity contribution in [2.24, 2.45) is 0 Å². The third kappa shape index (κ3) is 1.73. The van der Waals surface area contributed by atoms with Crippen molar-refractivity contribution in [2.75, 3.05) is 11.5 Å². The minimum atomic E-state index is 0. The van der Waals surface area contributed by atoms with Crippen molar-refractivity contribution >= 4 is 33.2 Å². The monoisotopic (exact) mass is 259 g/mol. The average molecular weight is 260 g/mol. The fourth-order valence-corrected chi connectivity index (χ4v) is 2.20. The van der Waals surface area contributed by atoms with Gasteiger partial charge in [0.1, 0.15) is 0 Å². The SMILES string of the molecule is Cc1c(N)c(N)cc2[nH+]c3ccccc3cc12.[Cl-]. The van der Waals surface area contributed by atoms with Crippen LogP contribution in [0.15, 0.2) is 36.4 Å². The van der Waals surface area contributed by atoms with Gasteiger partial charge in [0.15, 0.2) is 0 Å². The summed E-state index contributed by atoms with van der Waals surface area (Å²) in [7, 11) is 0.